The lowest BCUT2D eigenvalue weighted by molar-refractivity contribution is -0.136. The average molecular weight is 479 g/mol. The molecule has 0 saturated heterocycles. The number of Topliss-reactive ketones (excluding diaryl/α,β-unsaturated/α-hetero) is 2. The maximum atomic E-state index is 13.1. The fourth-order valence-corrected chi connectivity index (χ4v) is 4.97. The number of aliphatic imine (C=N–C) groups is 1. The molecule has 1 aromatic carbocycles. The number of ketones is 2. The molecular weight excluding hydrogens is 448 g/mol. The minimum absolute atomic E-state index is 0.0185. The molecule has 1 heterocycles. The summed E-state index contributed by atoms with van der Waals surface area (Å²) in [5.41, 5.74) is 2.39. The third-order valence-corrected chi connectivity index (χ3v) is 6.62. The summed E-state index contributed by atoms with van der Waals surface area (Å²) >= 11 is 0. The molecule has 2 aromatic rings. The molecule has 1 aromatic heterocycles. The van der Waals surface area contributed by atoms with E-state index in [0.717, 1.165) is 5.56 Å². The fraction of sp³-hybridized carbons (Fsp3) is 0.444. The monoisotopic (exact) mass is 478 g/mol. The predicted molar refractivity (Wildman–Crippen MR) is 129 cm³/mol. The van der Waals surface area contributed by atoms with Crippen LogP contribution in [0, 0.1) is 5.41 Å². The maximum absolute atomic E-state index is 13.1. The van der Waals surface area contributed by atoms with Gasteiger partial charge in [-0.25, -0.2) is 0 Å². The number of aliphatic carboxylic acids is 1. The van der Waals surface area contributed by atoms with Crippen molar-refractivity contribution in [2.24, 2.45) is 10.4 Å². The van der Waals surface area contributed by atoms with Crippen molar-refractivity contribution in [1.29, 1.82) is 0 Å². The molecule has 35 heavy (non-hydrogen) atoms. The van der Waals surface area contributed by atoms with Crippen molar-refractivity contribution in [3.63, 3.8) is 0 Å². The highest BCUT2D eigenvalue weighted by molar-refractivity contribution is 6.24. The number of allylic oxidation sites excluding steroid dienone is 2. The molecule has 0 aliphatic heterocycles. The third kappa shape index (κ3) is 5.58. The van der Waals surface area contributed by atoms with Crippen LogP contribution in [0.25, 0.3) is 0 Å². The van der Waals surface area contributed by atoms with Crippen molar-refractivity contribution < 1.29 is 29.1 Å². The van der Waals surface area contributed by atoms with Gasteiger partial charge in [-0.05, 0) is 23.3 Å². The van der Waals surface area contributed by atoms with Crippen LogP contribution < -0.4 is 0 Å². The van der Waals surface area contributed by atoms with E-state index in [4.69, 9.17) is 9.63 Å². The predicted octanol–water partition coefficient (Wildman–Crippen LogP) is 4.64. The van der Waals surface area contributed by atoms with Crippen LogP contribution in [0.1, 0.15) is 79.2 Å². The highest BCUT2D eigenvalue weighted by Gasteiger charge is 2.37. The zero-order valence-corrected chi connectivity index (χ0v) is 20.0. The highest BCUT2D eigenvalue weighted by Crippen LogP contribution is 2.37. The van der Waals surface area contributed by atoms with E-state index in [9.17, 15) is 19.5 Å². The topological polar surface area (TPSA) is 130 Å². The van der Waals surface area contributed by atoms with Crippen LogP contribution in [0.2, 0.25) is 0 Å². The molecule has 0 bridgehead atoms. The summed E-state index contributed by atoms with van der Waals surface area (Å²) < 4.78 is 5.44. The summed E-state index contributed by atoms with van der Waals surface area (Å²) in [4.78, 5) is 41.2. The Labute approximate surface area is 203 Å². The number of hydrogen-bond acceptors (Lipinski definition) is 7. The van der Waals surface area contributed by atoms with Crippen molar-refractivity contribution in [3.8, 4) is 0 Å². The lowest BCUT2D eigenvalue weighted by Gasteiger charge is -2.27. The quantitative estimate of drug-likeness (QED) is 0.438. The zero-order valence-electron chi connectivity index (χ0n) is 20.0. The number of carbonyl (C=O) groups excluding carboxylic acids is 2. The molecule has 8 heteroatoms. The number of aliphatic hydroxyl groups excluding tert-OH is 1. The van der Waals surface area contributed by atoms with Crippen LogP contribution in [-0.4, -0.2) is 45.2 Å². The second kappa shape index (κ2) is 9.98. The van der Waals surface area contributed by atoms with Crippen molar-refractivity contribution in [2.45, 2.75) is 64.7 Å². The van der Waals surface area contributed by atoms with Crippen LogP contribution in [0.4, 0.5) is 0 Å². The molecule has 8 nitrogen and oxygen atoms in total. The molecule has 2 aliphatic carbocycles. The van der Waals surface area contributed by atoms with Crippen LogP contribution in [-0.2, 0) is 22.4 Å². The molecular formula is C27H30N2O6. The van der Waals surface area contributed by atoms with Crippen LogP contribution in [0.15, 0.2) is 51.2 Å². The minimum atomic E-state index is -0.977. The van der Waals surface area contributed by atoms with Gasteiger partial charge >= 0.3 is 5.97 Å². The third-order valence-electron chi connectivity index (χ3n) is 6.62. The van der Waals surface area contributed by atoms with E-state index in [1.807, 2.05) is 44.2 Å². The van der Waals surface area contributed by atoms with E-state index in [1.165, 1.54) is 0 Å². The van der Waals surface area contributed by atoms with E-state index < -0.39 is 5.97 Å². The molecule has 1 fully saturated rings. The minimum Gasteiger partial charge on any atom is -0.511 e. The molecule has 4 rings (SSSR count). The summed E-state index contributed by atoms with van der Waals surface area (Å²) in [6, 6.07) is 9.62. The molecule has 1 saturated carbocycles. The van der Waals surface area contributed by atoms with Gasteiger partial charge in [0.05, 0.1) is 23.3 Å². The molecule has 0 radical (unpaired) electrons. The molecule has 184 valence electrons. The number of aryl methyl sites for hydroxylation is 1. The zero-order chi connectivity index (χ0) is 25.2. The molecule has 0 spiro atoms. The number of aromatic nitrogens is 1. The summed E-state index contributed by atoms with van der Waals surface area (Å²) in [5, 5.41) is 24.0. The second-order valence-electron chi connectivity index (χ2n) is 10.1. The van der Waals surface area contributed by atoms with E-state index in [1.54, 1.807) is 0 Å². The number of carboxylic acid groups (broad SMARTS) is 1. The molecule has 2 aliphatic rings. The van der Waals surface area contributed by atoms with Gasteiger partial charge in [0, 0.05) is 44.4 Å². The van der Waals surface area contributed by atoms with Crippen LogP contribution in [0.5, 0.6) is 0 Å². The Morgan fingerprint density at radius 2 is 1.83 bits per heavy atom. The lowest BCUT2D eigenvalue weighted by Crippen LogP contribution is -2.27. The first kappa shape index (κ1) is 24.6. The number of benzene rings is 1. The first-order valence-electron chi connectivity index (χ1n) is 11.9. The van der Waals surface area contributed by atoms with Gasteiger partial charge in [-0.2, -0.15) is 0 Å². The molecule has 2 N–H and O–H groups in total. The van der Waals surface area contributed by atoms with Gasteiger partial charge in [-0.15, -0.1) is 0 Å². The highest BCUT2D eigenvalue weighted by atomic mass is 16.5. The Morgan fingerprint density at radius 3 is 2.54 bits per heavy atom. The summed E-state index contributed by atoms with van der Waals surface area (Å²) in [5.74, 6) is -0.853. The average Bonchev–Trinajstić information content (AvgIpc) is 3.19. The number of nitrogens with zero attached hydrogens (tertiary/aromatic N) is 2. The summed E-state index contributed by atoms with van der Waals surface area (Å²) in [6.45, 7) is 4.04. The number of carboxylic acids is 1. The largest absolute Gasteiger partial charge is 0.511 e. The van der Waals surface area contributed by atoms with E-state index in [2.05, 4.69) is 10.1 Å². The van der Waals surface area contributed by atoms with Gasteiger partial charge in [0.2, 0.25) is 0 Å². The fourth-order valence-electron chi connectivity index (χ4n) is 4.97. The molecule has 1 unspecified atom stereocenters. The number of hydrogen-bond donors (Lipinski definition) is 2. The smallest absolute Gasteiger partial charge is 0.305 e. The van der Waals surface area contributed by atoms with E-state index >= 15 is 0 Å². The van der Waals surface area contributed by atoms with Gasteiger partial charge < -0.3 is 14.7 Å². The van der Waals surface area contributed by atoms with Crippen LogP contribution >= 0.6 is 0 Å². The van der Waals surface area contributed by atoms with Crippen molar-refractivity contribution >= 4 is 23.2 Å². The second-order valence-corrected chi connectivity index (χ2v) is 10.1. The summed E-state index contributed by atoms with van der Waals surface area (Å²) in [7, 11) is 0. The first-order chi connectivity index (χ1) is 16.6. The summed E-state index contributed by atoms with van der Waals surface area (Å²) in [6.07, 6.45) is 1.87. The van der Waals surface area contributed by atoms with Gasteiger partial charge in [-0.3, -0.25) is 19.4 Å². The molecule has 1 atom stereocenters. The van der Waals surface area contributed by atoms with Gasteiger partial charge in [0.15, 0.2) is 11.6 Å². The standard InChI is InChI=1S/C27H30N2O6/c1-27(2)14-22(32)26-18(29-35-23(26)15-27)8-9-20(30)25-19(28-11-10-24(33)34)12-17(13-21(25)31)16-6-4-3-5-7-16/h3-7,17,30H,8-15H2,1-2H3,(H,33,34)/b25-20+,28-19?. The van der Waals surface area contributed by atoms with Crippen molar-refractivity contribution in [2.75, 3.05) is 6.54 Å². The van der Waals surface area contributed by atoms with E-state index in [-0.39, 0.29) is 66.5 Å². The Morgan fingerprint density at radius 1 is 1.09 bits per heavy atom. The number of rotatable bonds is 7. The first-order valence-corrected chi connectivity index (χ1v) is 11.9. The van der Waals surface area contributed by atoms with Gasteiger partial charge in [0.25, 0.3) is 0 Å². The van der Waals surface area contributed by atoms with E-state index in [0.29, 0.717) is 42.0 Å². The van der Waals surface area contributed by atoms with Crippen molar-refractivity contribution in [3.05, 3.63) is 64.2 Å². The van der Waals surface area contributed by atoms with Gasteiger partial charge in [0.1, 0.15) is 11.5 Å². The normalized spacial score (nSPS) is 22.2. The number of carbonyl (C=O) groups is 3. The lowest BCUT2D eigenvalue weighted by atomic mass is 9.76. The number of aliphatic hydroxyl groups is 1. The SMILES string of the molecule is CC1(C)CC(=O)c2c(CC/C(O)=C3\C(=O)CC(c4ccccc4)CC3=NCCC(=O)O)noc2C1. The van der Waals surface area contributed by atoms with Gasteiger partial charge in [-0.1, -0.05) is 49.3 Å². The van der Waals surface area contributed by atoms with Crippen LogP contribution in [0.3, 0.4) is 0 Å². The van der Waals surface area contributed by atoms with Crippen molar-refractivity contribution in [1.82, 2.24) is 5.16 Å². The number of fused-ring (bicyclic) bond motifs is 1. The Balaban J connectivity index is 1.57. The maximum Gasteiger partial charge on any atom is 0.305 e. The molecule has 0 amide bonds. The Kier molecular flexibility index (Phi) is 7.00. The Hall–Kier alpha value is -3.55. The Bertz CT molecular complexity index is 1210.